The molecule has 4 aliphatic rings. The Bertz CT molecular complexity index is 995. The number of hydrogen-bond acceptors (Lipinski definition) is 6. The molecule has 7 nitrogen and oxygen atoms in total. The molecule has 2 heterocycles. The second-order valence-corrected chi connectivity index (χ2v) is 8.67. The Morgan fingerprint density at radius 3 is 2.60 bits per heavy atom. The number of aromatic nitrogens is 2. The van der Waals surface area contributed by atoms with Gasteiger partial charge in [-0.25, -0.2) is 0 Å². The van der Waals surface area contributed by atoms with Gasteiger partial charge in [-0.2, -0.15) is 5.26 Å². The maximum atomic E-state index is 12.5. The normalized spacial score (nSPS) is 24.9. The van der Waals surface area contributed by atoms with E-state index in [9.17, 15) is 4.79 Å². The van der Waals surface area contributed by atoms with Crippen molar-refractivity contribution in [2.24, 2.45) is 11.8 Å². The number of anilines is 1. The average molecular weight is 403 g/mol. The summed E-state index contributed by atoms with van der Waals surface area (Å²) in [5.74, 6) is 2.82. The standard InChI is InChI=1S/C23H25N5O2/c1-14-9-20(23(29)25-21-16-11-17(21)12-16)26-27-22(14)28-7-5-18(6-8-28)30-19-4-2-3-15(10-19)13-24/h2-4,9-10,16-18,21H,5-8,11-12H2,1H3,(H,25,29). The van der Waals surface area contributed by atoms with Crippen LogP contribution in [0.2, 0.25) is 0 Å². The molecule has 0 atom stereocenters. The monoisotopic (exact) mass is 403 g/mol. The van der Waals surface area contributed by atoms with E-state index in [1.165, 1.54) is 12.8 Å². The van der Waals surface area contributed by atoms with Crippen molar-refractivity contribution in [2.75, 3.05) is 18.0 Å². The summed E-state index contributed by atoms with van der Waals surface area (Å²) in [6.07, 6.45) is 4.37. The van der Waals surface area contributed by atoms with Crippen LogP contribution in [0.25, 0.3) is 0 Å². The minimum absolute atomic E-state index is 0.108. The molecular formula is C23H25N5O2. The van der Waals surface area contributed by atoms with Crippen LogP contribution in [0.3, 0.4) is 0 Å². The van der Waals surface area contributed by atoms with Gasteiger partial charge in [0.25, 0.3) is 5.91 Å². The van der Waals surface area contributed by atoms with Crippen molar-refractivity contribution in [1.82, 2.24) is 15.5 Å². The van der Waals surface area contributed by atoms with Crippen LogP contribution in [0.4, 0.5) is 5.82 Å². The molecule has 1 N–H and O–H groups in total. The number of aryl methyl sites for hydroxylation is 1. The van der Waals surface area contributed by atoms with Crippen LogP contribution in [-0.4, -0.2) is 41.3 Å². The number of amides is 1. The van der Waals surface area contributed by atoms with Gasteiger partial charge in [0.2, 0.25) is 0 Å². The van der Waals surface area contributed by atoms with Gasteiger partial charge in [0.15, 0.2) is 11.5 Å². The van der Waals surface area contributed by atoms with Crippen LogP contribution in [0, 0.1) is 30.1 Å². The van der Waals surface area contributed by atoms with Crippen LogP contribution in [0.1, 0.15) is 47.3 Å². The molecule has 2 aromatic rings. The molecule has 1 aromatic heterocycles. The molecule has 2 bridgehead atoms. The molecule has 3 aliphatic carbocycles. The third-order valence-electron chi connectivity index (χ3n) is 6.72. The molecule has 1 aliphatic heterocycles. The highest BCUT2D eigenvalue weighted by Gasteiger charge is 2.53. The van der Waals surface area contributed by atoms with Gasteiger partial charge in [-0.3, -0.25) is 4.79 Å². The van der Waals surface area contributed by atoms with E-state index in [0.29, 0.717) is 29.1 Å². The molecule has 0 spiro atoms. The van der Waals surface area contributed by atoms with Gasteiger partial charge < -0.3 is 15.0 Å². The van der Waals surface area contributed by atoms with Gasteiger partial charge in [-0.05, 0) is 61.4 Å². The van der Waals surface area contributed by atoms with Gasteiger partial charge >= 0.3 is 0 Å². The second kappa shape index (κ2) is 7.60. The number of carbonyl (C=O) groups excluding carboxylic acids is 1. The SMILES string of the molecule is Cc1cc(C(=O)NC2C3CC2C3)nnc1N1CCC(Oc2cccc(C#N)c2)CC1. The van der Waals surface area contributed by atoms with E-state index < -0.39 is 0 Å². The summed E-state index contributed by atoms with van der Waals surface area (Å²) >= 11 is 0. The minimum atomic E-state index is -0.108. The van der Waals surface area contributed by atoms with Crippen LogP contribution in [-0.2, 0) is 0 Å². The highest BCUT2D eigenvalue weighted by molar-refractivity contribution is 5.93. The molecule has 0 unspecified atom stereocenters. The molecule has 30 heavy (non-hydrogen) atoms. The maximum Gasteiger partial charge on any atom is 0.272 e. The summed E-state index contributed by atoms with van der Waals surface area (Å²) < 4.78 is 6.06. The molecule has 0 radical (unpaired) electrons. The molecular weight excluding hydrogens is 378 g/mol. The lowest BCUT2D eigenvalue weighted by Crippen LogP contribution is -2.63. The molecule has 7 heteroatoms. The third kappa shape index (κ3) is 3.47. The fraction of sp³-hybridized carbons (Fsp3) is 0.478. The quantitative estimate of drug-likeness (QED) is 0.825. The fourth-order valence-corrected chi connectivity index (χ4v) is 4.67. The number of nitrogens with one attached hydrogen (secondary N) is 1. The first-order chi connectivity index (χ1) is 14.6. The predicted molar refractivity (Wildman–Crippen MR) is 111 cm³/mol. The summed E-state index contributed by atoms with van der Waals surface area (Å²) in [4.78, 5) is 14.7. The summed E-state index contributed by atoms with van der Waals surface area (Å²) in [5.41, 5.74) is 1.97. The van der Waals surface area contributed by atoms with E-state index >= 15 is 0 Å². The van der Waals surface area contributed by atoms with Crippen molar-refractivity contribution in [3.05, 3.63) is 47.2 Å². The largest absolute Gasteiger partial charge is 0.490 e. The summed E-state index contributed by atoms with van der Waals surface area (Å²) in [7, 11) is 0. The van der Waals surface area contributed by atoms with Crippen molar-refractivity contribution in [1.29, 1.82) is 5.26 Å². The van der Waals surface area contributed by atoms with Crippen molar-refractivity contribution < 1.29 is 9.53 Å². The highest BCUT2D eigenvalue weighted by Crippen LogP contribution is 2.53. The number of rotatable bonds is 5. The Kier molecular flexibility index (Phi) is 4.78. The fourth-order valence-electron chi connectivity index (χ4n) is 4.67. The van der Waals surface area contributed by atoms with Crippen molar-refractivity contribution >= 4 is 11.7 Å². The summed E-state index contributed by atoms with van der Waals surface area (Å²) in [6, 6.07) is 11.6. The van der Waals surface area contributed by atoms with E-state index in [1.54, 1.807) is 12.1 Å². The van der Waals surface area contributed by atoms with Crippen molar-refractivity contribution in [3.8, 4) is 11.8 Å². The van der Waals surface area contributed by atoms with Crippen molar-refractivity contribution in [2.45, 2.75) is 44.8 Å². The zero-order valence-corrected chi connectivity index (χ0v) is 17.0. The van der Waals surface area contributed by atoms with E-state index in [1.807, 2.05) is 25.1 Å². The third-order valence-corrected chi connectivity index (χ3v) is 6.72. The first-order valence-corrected chi connectivity index (χ1v) is 10.7. The molecule has 1 saturated heterocycles. The Morgan fingerprint density at radius 1 is 1.20 bits per heavy atom. The van der Waals surface area contributed by atoms with Gasteiger partial charge in [0.05, 0.1) is 11.6 Å². The first kappa shape index (κ1) is 18.9. The number of benzene rings is 1. The number of ether oxygens (including phenoxy) is 1. The lowest BCUT2D eigenvalue weighted by atomic mass is 9.52. The highest BCUT2D eigenvalue weighted by atomic mass is 16.5. The zero-order chi connectivity index (χ0) is 20.7. The lowest BCUT2D eigenvalue weighted by molar-refractivity contribution is -0.0367. The molecule has 154 valence electrons. The Labute approximate surface area is 176 Å². The van der Waals surface area contributed by atoms with Gasteiger partial charge in [0.1, 0.15) is 11.9 Å². The Morgan fingerprint density at radius 2 is 1.97 bits per heavy atom. The molecule has 6 rings (SSSR count). The number of nitriles is 1. The van der Waals surface area contributed by atoms with Crippen LogP contribution in [0.5, 0.6) is 5.75 Å². The van der Waals surface area contributed by atoms with Gasteiger partial charge in [-0.15, -0.1) is 10.2 Å². The number of carbonyl (C=O) groups is 1. The van der Waals surface area contributed by atoms with E-state index in [2.05, 4.69) is 26.5 Å². The van der Waals surface area contributed by atoms with E-state index in [-0.39, 0.29) is 12.0 Å². The van der Waals surface area contributed by atoms with Crippen LogP contribution in [0.15, 0.2) is 30.3 Å². The van der Waals surface area contributed by atoms with Gasteiger partial charge in [-0.1, -0.05) is 6.07 Å². The molecule has 1 amide bonds. The molecule has 4 fully saturated rings. The van der Waals surface area contributed by atoms with E-state index in [0.717, 1.165) is 43.1 Å². The van der Waals surface area contributed by atoms with Gasteiger partial charge in [0, 0.05) is 32.0 Å². The minimum Gasteiger partial charge on any atom is -0.490 e. The summed E-state index contributed by atoms with van der Waals surface area (Å²) in [5, 5.41) is 20.7. The van der Waals surface area contributed by atoms with Crippen molar-refractivity contribution in [3.63, 3.8) is 0 Å². The first-order valence-electron chi connectivity index (χ1n) is 10.7. The number of nitrogens with zero attached hydrogens (tertiary/aromatic N) is 4. The number of hydrogen-bond donors (Lipinski definition) is 1. The Hall–Kier alpha value is -3.14. The van der Waals surface area contributed by atoms with E-state index in [4.69, 9.17) is 10.00 Å². The topological polar surface area (TPSA) is 91.1 Å². The lowest BCUT2D eigenvalue weighted by Gasteiger charge is -2.58. The molecule has 3 saturated carbocycles. The average Bonchev–Trinajstić information content (AvgIpc) is 2.71. The van der Waals surface area contributed by atoms with Crippen LogP contribution >= 0.6 is 0 Å². The maximum absolute atomic E-state index is 12.5. The smallest absolute Gasteiger partial charge is 0.272 e. The molecule has 1 aromatic carbocycles. The number of piperidine rings is 1. The Balaban J connectivity index is 1.17. The zero-order valence-electron chi connectivity index (χ0n) is 17.0. The second-order valence-electron chi connectivity index (χ2n) is 8.67. The predicted octanol–water partition coefficient (Wildman–Crippen LogP) is 2.84. The van der Waals surface area contributed by atoms with Crippen LogP contribution < -0.4 is 15.0 Å². The summed E-state index contributed by atoms with van der Waals surface area (Å²) in [6.45, 7) is 3.61.